The third-order valence-corrected chi connectivity index (χ3v) is 8.56. The Morgan fingerprint density at radius 1 is 1.11 bits per heavy atom. The van der Waals surface area contributed by atoms with Gasteiger partial charge in [-0.15, -0.1) is 0 Å². The van der Waals surface area contributed by atoms with Gasteiger partial charge in [-0.2, -0.15) is 0 Å². The van der Waals surface area contributed by atoms with E-state index >= 15 is 0 Å². The van der Waals surface area contributed by atoms with Gasteiger partial charge in [0.25, 0.3) is 0 Å². The van der Waals surface area contributed by atoms with Crippen molar-refractivity contribution in [2.24, 2.45) is 29.6 Å². The monoisotopic (exact) mass is 367 g/mol. The first-order valence-electron chi connectivity index (χ1n) is 10.8. The van der Waals surface area contributed by atoms with E-state index in [0.29, 0.717) is 11.8 Å². The summed E-state index contributed by atoms with van der Waals surface area (Å²) in [7, 11) is 0. The topological polar surface area (TPSA) is 49.8 Å². The Morgan fingerprint density at radius 2 is 1.81 bits per heavy atom. The first kappa shape index (κ1) is 16.6. The molecule has 3 aliphatic carbocycles. The zero-order chi connectivity index (χ0) is 18.5. The predicted octanol–water partition coefficient (Wildman–Crippen LogP) is 3.57. The van der Waals surface area contributed by atoms with Gasteiger partial charge in [-0.05, 0) is 56.1 Å². The average Bonchev–Trinajstić information content (AvgIpc) is 3.33. The zero-order valence-electron chi connectivity index (χ0n) is 16.2. The van der Waals surface area contributed by atoms with Crippen molar-refractivity contribution < 1.29 is 14.6 Å². The minimum atomic E-state index is -0.527. The van der Waals surface area contributed by atoms with Gasteiger partial charge in [0.1, 0.15) is 0 Å². The molecule has 1 N–H and O–H groups in total. The molecule has 2 saturated heterocycles. The van der Waals surface area contributed by atoms with Crippen LogP contribution in [-0.4, -0.2) is 28.9 Å². The van der Waals surface area contributed by atoms with Gasteiger partial charge in [0, 0.05) is 11.8 Å². The zero-order valence-corrected chi connectivity index (χ0v) is 16.2. The molecule has 3 saturated carbocycles. The van der Waals surface area contributed by atoms with Gasteiger partial charge in [0.05, 0.1) is 23.8 Å². The van der Waals surface area contributed by atoms with E-state index < -0.39 is 11.8 Å². The Bertz CT molecular complexity index is 796. The van der Waals surface area contributed by atoms with Crippen molar-refractivity contribution >= 4 is 11.6 Å². The van der Waals surface area contributed by atoms with Crippen molar-refractivity contribution in [3.63, 3.8) is 0 Å². The maximum absolute atomic E-state index is 13.8. The Morgan fingerprint density at radius 3 is 2.52 bits per heavy atom. The van der Waals surface area contributed by atoms with E-state index in [1.807, 2.05) is 0 Å². The number of aliphatic hydroxyl groups is 1. The van der Waals surface area contributed by atoms with Gasteiger partial charge >= 0.3 is 0 Å². The number of carbonyl (C=O) groups excluding carboxylic acids is 1. The lowest BCUT2D eigenvalue weighted by molar-refractivity contribution is -0.140. The van der Waals surface area contributed by atoms with Gasteiger partial charge in [0.15, 0.2) is 5.72 Å². The van der Waals surface area contributed by atoms with Gasteiger partial charge in [-0.1, -0.05) is 37.5 Å². The molecule has 7 unspecified atom stereocenters. The standard InChI is InChI=1S/C23H29NO3/c1-12-7-6-8-13(2)19(12)24-22(26)17-15-11-16-18(17)23(24,27-21(16)20(15)25)14-9-4-3-5-10-14/h6-8,14-18,20-21,25H,3-5,9-11H2,1-2H3. The van der Waals surface area contributed by atoms with Crippen molar-refractivity contribution in [3.8, 4) is 0 Å². The molecule has 0 spiro atoms. The van der Waals surface area contributed by atoms with E-state index in [1.54, 1.807) is 0 Å². The van der Waals surface area contributed by atoms with Crippen LogP contribution < -0.4 is 4.90 Å². The van der Waals surface area contributed by atoms with Crippen molar-refractivity contribution in [1.82, 2.24) is 0 Å². The summed E-state index contributed by atoms with van der Waals surface area (Å²) < 4.78 is 6.87. The predicted molar refractivity (Wildman–Crippen MR) is 102 cm³/mol. The summed E-state index contributed by atoms with van der Waals surface area (Å²) in [5.41, 5.74) is 2.84. The SMILES string of the molecule is Cc1cccc(C)c1N1C(=O)C2C3CC4C(OC1(C1CCCCC1)C42)C3O. The van der Waals surface area contributed by atoms with Gasteiger partial charge in [0.2, 0.25) is 5.91 Å². The lowest BCUT2D eigenvalue weighted by Gasteiger charge is -2.46. The molecule has 144 valence electrons. The number of para-hydroxylation sites is 1. The number of hydrogen-bond acceptors (Lipinski definition) is 3. The number of anilines is 1. The van der Waals surface area contributed by atoms with Crippen LogP contribution in [0.15, 0.2) is 18.2 Å². The summed E-state index contributed by atoms with van der Waals surface area (Å²) in [4.78, 5) is 16.0. The first-order chi connectivity index (χ1) is 13.1. The van der Waals surface area contributed by atoms with Crippen molar-refractivity contribution in [2.45, 2.75) is 70.3 Å². The Hall–Kier alpha value is -1.39. The highest BCUT2D eigenvalue weighted by Gasteiger charge is 2.80. The summed E-state index contributed by atoms with van der Waals surface area (Å²) in [5, 5.41) is 10.8. The lowest BCUT2D eigenvalue weighted by atomic mass is 9.70. The maximum Gasteiger partial charge on any atom is 0.233 e. The molecule has 0 radical (unpaired) electrons. The molecule has 2 bridgehead atoms. The van der Waals surface area contributed by atoms with Crippen LogP contribution in [0.4, 0.5) is 5.69 Å². The van der Waals surface area contributed by atoms with E-state index in [2.05, 4.69) is 36.9 Å². The largest absolute Gasteiger partial charge is 0.390 e. The van der Waals surface area contributed by atoms with E-state index in [9.17, 15) is 9.90 Å². The fourth-order valence-corrected chi connectivity index (χ4v) is 7.72. The fraction of sp³-hybridized carbons (Fsp3) is 0.696. The smallest absolute Gasteiger partial charge is 0.233 e. The Kier molecular flexibility index (Phi) is 3.28. The molecular formula is C23H29NO3. The van der Waals surface area contributed by atoms with E-state index in [4.69, 9.17) is 4.74 Å². The van der Waals surface area contributed by atoms with Crippen LogP contribution >= 0.6 is 0 Å². The third-order valence-electron chi connectivity index (χ3n) is 8.56. The molecule has 7 atom stereocenters. The number of ether oxygens (including phenoxy) is 1. The molecule has 4 heteroatoms. The second-order valence-corrected chi connectivity index (χ2v) is 9.69. The van der Waals surface area contributed by atoms with E-state index in [-0.39, 0.29) is 29.8 Å². The highest BCUT2D eigenvalue weighted by Crippen LogP contribution is 2.70. The Balaban J connectivity index is 1.57. The quantitative estimate of drug-likeness (QED) is 0.869. The van der Waals surface area contributed by atoms with Crippen LogP contribution in [0.3, 0.4) is 0 Å². The number of rotatable bonds is 2. The molecule has 6 rings (SSSR count). The van der Waals surface area contributed by atoms with Crippen molar-refractivity contribution in [2.75, 3.05) is 4.90 Å². The van der Waals surface area contributed by atoms with Crippen LogP contribution in [0.1, 0.15) is 49.7 Å². The number of carbonyl (C=O) groups is 1. The number of aliphatic hydroxyl groups excluding tert-OH is 1. The van der Waals surface area contributed by atoms with Crippen LogP contribution in [0.25, 0.3) is 0 Å². The normalized spacial score (nSPS) is 45.3. The molecule has 5 aliphatic rings. The molecule has 0 aromatic heterocycles. The Labute approximate surface area is 160 Å². The number of amides is 1. The molecule has 2 heterocycles. The highest BCUT2D eigenvalue weighted by atomic mass is 16.6. The molecular weight excluding hydrogens is 338 g/mol. The lowest BCUT2D eigenvalue weighted by Crippen LogP contribution is -2.56. The summed E-state index contributed by atoms with van der Waals surface area (Å²) in [6.07, 6.45) is 6.46. The number of fused-ring (bicyclic) bond motifs is 2. The number of aryl methyl sites for hydroxylation is 2. The molecule has 1 amide bonds. The maximum atomic E-state index is 13.8. The number of benzene rings is 1. The summed E-state index contributed by atoms with van der Waals surface area (Å²) in [5.74, 6) is 1.27. The molecule has 1 aromatic carbocycles. The average molecular weight is 367 g/mol. The fourth-order valence-electron chi connectivity index (χ4n) is 7.72. The number of hydrogen-bond donors (Lipinski definition) is 1. The minimum absolute atomic E-state index is 0.0512. The van der Waals surface area contributed by atoms with E-state index in [0.717, 1.165) is 36.1 Å². The van der Waals surface area contributed by atoms with Crippen LogP contribution in [0.5, 0.6) is 0 Å². The summed E-state index contributed by atoms with van der Waals surface area (Å²) in [6, 6.07) is 6.29. The van der Waals surface area contributed by atoms with Crippen LogP contribution in [0, 0.1) is 43.4 Å². The van der Waals surface area contributed by atoms with Crippen LogP contribution in [-0.2, 0) is 9.53 Å². The second-order valence-electron chi connectivity index (χ2n) is 9.69. The molecule has 4 nitrogen and oxygen atoms in total. The first-order valence-corrected chi connectivity index (χ1v) is 10.8. The van der Waals surface area contributed by atoms with Crippen molar-refractivity contribution in [3.05, 3.63) is 29.3 Å². The highest BCUT2D eigenvalue weighted by molar-refractivity contribution is 6.01. The van der Waals surface area contributed by atoms with Crippen LogP contribution in [0.2, 0.25) is 0 Å². The van der Waals surface area contributed by atoms with E-state index in [1.165, 1.54) is 19.3 Å². The summed E-state index contributed by atoms with van der Waals surface area (Å²) in [6.45, 7) is 4.22. The molecule has 5 fully saturated rings. The second kappa shape index (κ2) is 5.36. The number of nitrogens with zero attached hydrogens (tertiary/aromatic N) is 1. The van der Waals surface area contributed by atoms with Gasteiger partial charge in [-0.25, -0.2) is 0 Å². The minimum Gasteiger partial charge on any atom is -0.390 e. The van der Waals surface area contributed by atoms with Gasteiger partial charge in [-0.3, -0.25) is 9.69 Å². The molecule has 2 aliphatic heterocycles. The summed E-state index contributed by atoms with van der Waals surface area (Å²) >= 11 is 0. The molecule has 27 heavy (non-hydrogen) atoms. The third kappa shape index (κ3) is 1.80. The van der Waals surface area contributed by atoms with Gasteiger partial charge < -0.3 is 9.84 Å². The van der Waals surface area contributed by atoms with Crippen molar-refractivity contribution in [1.29, 1.82) is 0 Å². The molecule has 1 aromatic rings.